The van der Waals surface area contributed by atoms with E-state index in [1.54, 1.807) is 23.9 Å². The van der Waals surface area contributed by atoms with Gasteiger partial charge >= 0.3 is 5.97 Å². The van der Waals surface area contributed by atoms with E-state index in [4.69, 9.17) is 0 Å². The van der Waals surface area contributed by atoms with E-state index in [0.717, 1.165) is 24.2 Å². The van der Waals surface area contributed by atoms with Crippen LogP contribution in [-0.2, 0) is 4.79 Å². The molecule has 0 aromatic heterocycles. The Hall–Kier alpha value is -1.49. The number of hydrogen-bond acceptors (Lipinski definition) is 3. The molecule has 1 amide bonds. The Morgan fingerprint density at radius 1 is 1.19 bits per heavy atom. The van der Waals surface area contributed by atoms with E-state index in [-0.39, 0.29) is 12.5 Å². The minimum atomic E-state index is -0.791. The van der Waals surface area contributed by atoms with Gasteiger partial charge in [0, 0.05) is 17.0 Å². The largest absolute Gasteiger partial charge is 0.481 e. The minimum Gasteiger partial charge on any atom is -0.481 e. The number of carboxylic acids is 1. The number of carbonyl (C=O) groups excluding carboxylic acids is 1. The van der Waals surface area contributed by atoms with Crippen LogP contribution in [0.15, 0.2) is 29.2 Å². The van der Waals surface area contributed by atoms with Crippen LogP contribution in [0.1, 0.15) is 42.5 Å². The lowest BCUT2D eigenvalue weighted by molar-refractivity contribution is -0.150. The van der Waals surface area contributed by atoms with Crippen molar-refractivity contribution in [3.05, 3.63) is 29.8 Å². The van der Waals surface area contributed by atoms with Gasteiger partial charge in [-0.25, -0.2) is 0 Å². The van der Waals surface area contributed by atoms with E-state index < -0.39 is 11.4 Å². The topological polar surface area (TPSA) is 66.4 Å². The average Bonchev–Trinajstić information content (AvgIpc) is 2.53. The first-order chi connectivity index (χ1) is 10.1. The molecule has 0 unspecified atom stereocenters. The second-order valence-corrected chi connectivity index (χ2v) is 6.44. The zero-order chi connectivity index (χ0) is 15.3. The molecule has 1 fully saturated rings. The summed E-state index contributed by atoms with van der Waals surface area (Å²) in [7, 11) is 0. The Balaban J connectivity index is 1.99. The van der Waals surface area contributed by atoms with Crippen LogP contribution in [0.2, 0.25) is 0 Å². The average molecular weight is 307 g/mol. The second-order valence-electron chi connectivity index (χ2n) is 5.56. The van der Waals surface area contributed by atoms with Crippen molar-refractivity contribution < 1.29 is 14.7 Å². The quantitative estimate of drug-likeness (QED) is 0.820. The fraction of sp³-hybridized carbons (Fsp3) is 0.500. The van der Waals surface area contributed by atoms with Crippen molar-refractivity contribution in [2.75, 3.05) is 12.8 Å². The van der Waals surface area contributed by atoms with E-state index in [2.05, 4.69) is 5.32 Å². The van der Waals surface area contributed by atoms with Crippen molar-refractivity contribution in [3.63, 3.8) is 0 Å². The van der Waals surface area contributed by atoms with Gasteiger partial charge in [0.2, 0.25) is 0 Å². The molecule has 21 heavy (non-hydrogen) atoms. The molecular formula is C16H21NO3S. The van der Waals surface area contributed by atoms with Crippen LogP contribution in [0.3, 0.4) is 0 Å². The highest BCUT2D eigenvalue weighted by molar-refractivity contribution is 7.98. The zero-order valence-corrected chi connectivity index (χ0v) is 13.0. The summed E-state index contributed by atoms with van der Waals surface area (Å²) in [5.41, 5.74) is -0.211. The Bertz CT molecular complexity index is 507. The smallest absolute Gasteiger partial charge is 0.311 e. The Labute approximate surface area is 129 Å². The van der Waals surface area contributed by atoms with Gasteiger partial charge in [0.1, 0.15) is 0 Å². The summed E-state index contributed by atoms with van der Waals surface area (Å²) in [4.78, 5) is 24.8. The molecule has 1 aromatic rings. The molecule has 5 heteroatoms. The monoisotopic (exact) mass is 307 g/mol. The van der Waals surface area contributed by atoms with Gasteiger partial charge in [0.25, 0.3) is 5.91 Å². The van der Waals surface area contributed by atoms with E-state index in [0.29, 0.717) is 18.4 Å². The number of nitrogens with one attached hydrogen (secondary N) is 1. The molecule has 0 spiro atoms. The first kappa shape index (κ1) is 15.9. The second kappa shape index (κ2) is 6.98. The first-order valence-electron chi connectivity index (χ1n) is 7.23. The molecule has 114 valence electrons. The van der Waals surface area contributed by atoms with Crippen molar-refractivity contribution in [1.82, 2.24) is 5.32 Å². The molecule has 2 N–H and O–H groups in total. The maximum atomic E-state index is 12.1. The summed E-state index contributed by atoms with van der Waals surface area (Å²) in [6, 6.07) is 7.34. The van der Waals surface area contributed by atoms with E-state index in [9.17, 15) is 14.7 Å². The third kappa shape index (κ3) is 3.79. The lowest BCUT2D eigenvalue weighted by atomic mass is 9.74. The molecule has 0 heterocycles. The number of carbonyl (C=O) groups is 2. The molecule has 0 saturated heterocycles. The number of hydrogen-bond donors (Lipinski definition) is 2. The van der Waals surface area contributed by atoms with Crippen molar-refractivity contribution in [2.45, 2.75) is 37.0 Å². The van der Waals surface area contributed by atoms with E-state index in [1.165, 1.54) is 0 Å². The van der Waals surface area contributed by atoms with Crippen LogP contribution in [0.25, 0.3) is 0 Å². The van der Waals surface area contributed by atoms with Crippen molar-refractivity contribution in [3.8, 4) is 0 Å². The summed E-state index contributed by atoms with van der Waals surface area (Å²) in [6.45, 7) is 0.214. The molecule has 2 rings (SSSR count). The molecule has 0 bridgehead atoms. The molecule has 0 atom stereocenters. The summed E-state index contributed by atoms with van der Waals surface area (Å²) < 4.78 is 0. The van der Waals surface area contributed by atoms with Gasteiger partial charge in [-0.3, -0.25) is 9.59 Å². The van der Waals surface area contributed by atoms with Gasteiger partial charge in [-0.2, -0.15) is 0 Å². The minimum absolute atomic E-state index is 0.200. The molecule has 1 aliphatic rings. The van der Waals surface area contributed by atoms with Gasteiger partial charge in [0.05, 0.1) is 5.41 Å². The van der Waals surface area contributed by atoms with Crippen LogP contribution in [0, 0.1) is 5.41 Å². The molecule has 4 nitrogen and oxygen atoms in total. The summed E-state index contributed by atoms with van der Waals surface area (Å²) in [5.74, 6) is -0.992. The fourth-order valence-corrected chi connectivity index (χ4v) is 3.20. The third-order valence-electron chi connectivity index (χ3n) is 4.20. The van der Waals surface area contributed by atoms with Crippen molar-refractivity contribution >= 4 is 23.6 Å². The number of carboxylic acid groups (broad SMARTS) is 1. The standard InChI is InChI=1S/C16H21NO3S/c1-21-13-7-5-12(6-8-13)14(18)17-11-16(15(19)20)9-3-2-4-10-16/h5-8H,2-4,9-11H2,1H3,(H,17,18)(H,19,20). The normalized spacial score (nSPS) is 17.2. The number of benzene rings is 1. The van der Waals surface area contributed by atoms with E-state index in [1.807, 2.05) is 18.4 Å². The Morgan fingerprint density at radius 2 is 1.81 bits per heavy atom. The van der Waals surface area contributed by atoms with Gasteiger partial charge < -0.3 is 10.4 Å². The molecule has 0 radical (unpaired) electrons. The SMILES string of the molecule is CSc1ccc(C(=O)NCC2(C(=O)O)CCCCC2)cc1. The number of rotatable bonds is 5. The van der Waals surface area contributed by atoms with Crippen LogP contribution in [-0.4, -0.2) is 29.8 Å². The van der Waals surface area contributed by atoms with E-state index >= 15 is 0 Å². The van der Waals surface area contributed by atoms with Crippen LogP contribution >= 0.6 is 11.8 Å². The summed E-state index contributed by atoms with van der Waals surface area (Å²) in [6.07, 6.45) is 6.20. The third-order valence-corrected chi connectivity index (χ3v) is 4.95. The van der Waals surface area contributed by atoms with Gasteiger partial charge in [-0.1, -0.05) is 19.3 Å². The first-order valence-corrected chi connectivity index (χ1v) is 8.45. The molecule has 1 aliphatic carbocycles. The summed E-state index contributed by atoms with van der Waals surface area (Å²) >= 11 is 1.62. The summed E-state index contributed by atoms with van der Waals surface area (Å²) in [5, 5.41) is 12.3. The molecule has 0 aliphatic heterocycles. The zero-order valence-electron chi connectivity index (χ0n) is 12.2. The van der Waals surface area contributed by atoms with Gasteiger partial charge in [-0.05, 0) is 43.4 Å². The lowest BCUT2D eigenvalue weighted by Gasteiger charge is -2.33. The highest BCUT2D eigenvalue weighted by Crippen LogP contribution is 2.36. The van der Waals surface area contributed by atoms with Crippen LogP contribution in [0.4, 0.5) is 0 Å². The molecular weight excluding hydrogens is 286 g/mol. The maximum absolute atomic E-state index is 12.1. The predicted molar refractivity (Wildman–Crippen MR) is 83.7 cm³/mol. The van der Waals surface area contributed by atoms with Gasteiger partial charge in [0.15, 0.2) is 0 Å². The maximum Gasteiger partial charge on any atom is 0.311 e. The molecule has 1 aromatic carbocycles. The highest BCUT2D eigenvalue weighted by Gasteiger charge is 2.39. The Kier molecular flexibility index (Phi) is 5.28. The number of aliphatic carboxylic acids is 1. The van der Waals surface area contributed by atoms with Crippen LogP contribution in [0.5, 0.6) is 0 Å². The van der Waals surface area contributed by atoms with Crippen LogP contribution < -0.4 is 5.32 Å². The number of thioether (sulfide) groups is 1. The Morgan fingerprint density at radius 3 is 2.33 bits per heavy atom. The fourth-order valence-electron chi connectivity index (χ4n) is 2.79. The van der Waals surface area contributed by atoms with Crippen molar-refractivity contribution in [1.29, 1.82) is 0 Å². The lowest BCUT2D eigenvalue weighted by Crippen LogP contribution is -2.44. The molecule has 1 saturated carbocycles. The van der Waals surface area contributed by atoms with Gasteiger partial charge in [-0.15, -0.1) is 11.8 Å². The highest BCUT2D eigenvalue weighted by atomic mass is 32.2. The van der Waals surface area contributed by atoms with Crippen molar-refractivity contribution in [2.24, 2.45) is 5.41 Å². The number of amides is 1. The predicted octanol–water partition coefficient (Wildman–Crippen LogP) is 3.17.